The molecule has 22 heavy (non-hydrogen) atoms. The molecule has 0 radical (unpaired) electrons. The van der Waals surface area contributed by atoms with Gasteiger partial charge < -0.3 is 9.80 Å². The van der Waals surface area contributed by atoms with Crippen LogP contribution in [-0.2, 0) is 4.79 Å². The predicted octanol–water partition coefficient (Wildman–Crippen LogP) is 2.18. The lowest BCUT2D eigenvalue weighted by molar-refractivity contribution is -0.136. The second-order valence-corrected chi connectivity index (χ2v) is 6.16. The molecule has 2 aliphatic rings. The lowest BCUT2D eigenvalue weighted by Gasteiger charge is -2.36. The molecule has 1 unspecified atom stereocenters. The van der Waals surface area contributed by atoms with Gasteiger partial charge in [-0.25, -0.2) is 4.98 Å². The molecule has 3 heterocycles. The molecular formula is C17H22N4O. The molecule has 5 heteroatoms. The second kappa shape index (κ2) is 6.78. The summed E-state index contributed by atoms with van der Waals surface area (Å²) < 4.78 is 0. The quantitative estimate of drug-likeness (QED) is 0.839. The first-order valence-corrected chi connectivity index (χ1v) is 8.19. The van der Waals surface area contributed by atoms with E-state index < -0.39 is 0 Å². The van der Waals surface area contributed by atoms with Crippen LogP contribution >= 0.6 is 0 Å². The maximum atomic E-state index is 12.7. The van der Waals surface area contributed by atoms with Crippen molar-refractivity contribution in [2.45, 2.75) is 32.1 Å². The summed E-state index contributed by atoms with van der Waals surface area (Å²) in [5, 5.41) is 8.98. The average molecular weight is 298 g/mol. The van der Waals surface area contributed by atoms with Gasteiger partial charge in [0, 0.05) is 26.2 Å². The van der Waals surface area contributed by atoms with Gasteiger partial charge in [-0.1, -0.05) is 6.07 Å². The molecule has 1 amide bonds. The van der Waals surface area contributed by atoms with Crippen molar-refractivity contribution in [1.82, 2.24) is 9.88 Å². The van der Waals surface area contributed by atoms with Gasteiger partial charge >= 0.3 is 0 Å². The number of nitrogens with zero attached hydrogens (tertiary/aromatic N) is 4. The summed E-state index contributed by atoms with van der Waals surface area (Å²) in [5.41, 5.74) is 0.432. The van der Waals surface area contributed by atoms with Crippen LogP contribution in [0.2, 0.25) is 0 Å². The highest BCUT2D eigenvalue weighted by Gasteiger charge is 2.30. The van der Waals surface area contributed by atoms with Gasteiger partial charge in [0.1, 0.15) is 17.6 Å². The van der Waals surface area contributed by atoms with Crippen LogP contribution in [0.5, 0.6) is 0 Å². The normalized spacial score (nSPS) is 22.2. The molecule has 5 nitrogen and oxygen atoms in total. The Morgan fingerprint density at radius 2 is 2.00 bits per heavy atom. The fourth-order valence-corrected chi connectivity index (χ4v) is 3.42. The molecule has 2 aliphatic heterocycles. The first kappa shape index (κ1) is 14.8. The first-order valence-electron chi connectivity index (χ1n) is 8.19. The minimum Gasteiger partial charge on any atom is -0.356 e. The van der Waals surface area contributed by atoms with E-state index in [0.29, 0.717) is 11.6 Å². The van der Waals surface area contributed by atoms with E-state index in [-0.39, 0.29) is 5.92 Å². The number of nitriles is 1. The lowest BCUT2D eigenvalue weighted by atomic mass is 9.95. The summed E-state index contributed by atoms with van der Waals surface area (Å²) in [5.74, 6) is 1.19. The van der Waals surface area contributed by atoms with Gasteiger partial charge in [0.05, 0.1) is 5.92 Å². The number of rotatable bonds is 2. The largest absolute Gasteiger partial charge is 0.356 e. The molecule has 0 saturated carbocycles. The van der Waals surface area contributed by atoms with E-state index in [2.05, 4.69) is 16.0 Å². The highest BCUT2D eigenvalue weighted by Crippen LogP contribution is 2.24. The number of amides is 1. The molecule has 1 aromatic rings. The van der Waals surface area contributed by atoms with Crippen LogP contribution in [0.1, 0.15) is 37.8 Å². The molecule has 0 aromatic carbocycles. The fraction of sp³-hybridized carbons (Fsp3) is 0.588. The topological polar surface area (TPSA) is 60.2 Å². The van der Waals surface area contributed by atoms with Crippen molar-refractivity contribution in [3.05, 3.63) is 23.9 Å². The van der Waals surface area contributed by atoms with Crippen LogP contribution in [0.25, 0.3) is 0 Å². The van der Waals surface area contributed by atoms with Crippen molar-refractivity contribution in [1.29, 1.82) is 5.26 Å². The molecule has 0 N–H and O–H groups in total. The zero-order chi connectivity index (χ0) is 15.4. The summed E-state index contributed by atoms with van der Waals surface area (Å²) in [6.07, 6.45) is 5.47. The van der Waals surface area contributed by atoms with Crippen LogP contribution in [-0.4, -0.2) is 42.0 Å². The van der Waals surface area contributed by atoms with Crippen LogP contribution in [0.3, 0.4) is 0 Å². The number of piperidine rings is 2. The van der Waals surface area contributed by atoms with Crippen molar-refractivity contribution in [3.63, 3.8) is 0 Å². The zero-order valence-electron chi connectivity index (χ0n) is 12.9. The Morgan fingerprint density at radius 3 is 2.77 bits per heavy atom. The fourth-order valence-electron chi connectivity index (χ4n) is 3.42. The zero-order valence-corrected chi connectivity index (χ0v) is 12.9. The Labute approximate surface area is 131 Å². The lowest BCUT2D eigenvalue weighted by Crippen LogP contribution is -2.46. The second-order valence-electron chi connectivity index (χ2n) is 6.16. The summed E-state index contributed by atoms with van der Waals surface area (Å²) >= 11 is 0. The van der Waals surface area contributed by atoms with E-state index in [9.17, 15) is 4.79 Å². The van der Waals surface area contributed by atoms with Gasteiger partial charge in [-0.05, 0) is 44.2 Å². The number of carbonyl (C=O) groups excluding carboxylic acids is 1. The number of hydrogen-bond donors (Lipinski definition) is 0. The first-order chi connectivity index (χ1) is 10.8. The van der Waals surface area contributed by atoms with Crippen molar-refractivity contribution in [3.8, 4) is 6.07 Å². The molecule has 2 fully saturated rings. The minimum atomic E-state index is 0.0689. The van der Waals surface area contributed by atoms with Crippen LogP contribution in [0.4, 0.5) is 5.82 Å². The molecule has 0 spiro atoms. The third kappa shape index (κ3) is 3.22. The SMILES string of the molecule is N#Cc1cccc(N2CCCC(C(=O)N3CCCCC3)C2)n1. The van der Waals surface area contributed by atoms with Crippen LogP contribution in [0, 0.1) is 17.2 Å². The van der Waals surface area contributed by atoms with E-state index in [4.69, 9.17) is 5.26 Å². The van der Waals surface area contributed by atoms with E-state index in [1.165, 1.54) is 6.42 Å². The van der Waals surface area contributed by atoms with E-state index in [1.54, 1.807) is 6.07 Å². The molecular weight excluding hydrogens is 276 g/mol. The number of pyridine rings is 1. The summed E-state index contributed by atoms with van der Waals surface area (Å²) in [6.45, 7) is 3.46. The highest BCUT2D eigenvalue weighted by molar-refractivity contribution is 5.79. The Balaban J connectivity index is 1.68. The maximum Gasteiger partial charge on any atom is 0.227 e. The van der Waals surface area contributed by atoms with Gasteiger partial charge in [-0.2, -0.15) is 5.26 Å². The number of anilines is 1. The van der Waals surface area contributed by atoms with Crippen molar-refractivity contribution < 1.29 is 4.79 Å². The van der Waals surface area contributed by atoms with Gasteiger partial charge in [-0.3, -0.25) is 4.79 Å². The molecule has 0 aliphatic carbocycles. The molecule has 1 aromatic heterocycles. The number of likely N-dealkylation sites (tertiary alicyclic amines) is 1. The Bertz CT molecular complexity index is 574. The molecule has 0 bridgehead atoms. The Morgan fingerprint density at radius 1 is 1.18 bits per heavy atom. The van der Waals surface area contributed by atoms with Gasteiger partial charge in [0.25, 0.3) is 0 Å². The molecule has 3 rings (SSSR count). The molecule has 1 atom stereocenters. The van der Waals surface area contributed by atoms with E-state index in [1.807, 2.05) is 17.0 Å². The molecule has 116 valence electrons. The van der Waals surface area contributed by atoms with Crippen LogP contribution < -0.4 is 4.90 Å². The van der Waals surface area contributed by atoms with Gasteiger partial charge in [0.15, 0.2) is 0 Å². The third-order valence-electron chi connectivity index (χ3n) is 4.61. The summed E-state index contributed by atoms with van der Waals surface area (Å²) in [7, 11) is 0. The monoisotopic (exact) mass is 298 g/mol. The Kier molecular flexibility index (Phi) is 4.57. The van der Waals surface area contributed by atoms with Crippen LogP contribution in [0.15, 0.2) is 18.2 Å². The summed E-state index contributed by atoms with van der Waals surface area (Å²) in [6, 6.07) is 7.57. The minimum absolute atomic E-state index is 0.0689. The van der Waals surface area contributed by atoms with Crippen molar-refractivity contribution >= 4 is 11.7 Å². The maximum absolute atomic E-state index is 12.7. The van der Waals surface area contributed by atoms with Gasteiger partial charge in [-0.15, -0.1) is 0 Å². The average Bonchev–Trinajstić information content (AvgIpc) is 2.62. The highest BCUT2D eigenvalue weighted by atomic mass is 16.2. The number of aromatic nitrogens is 1. The standard InChI is InChI=1S/C17H22N4O/c18-12-15-7-4-8-16(19-15)21-11-5-6-14(13-21)17(22)20-9-2-1-3-10-20/h4,7-8,14H,1-3,5-6,9-11,13H2. The number of carbonyl (C=O) groups is 1. The molecule has 2 saturated heterocycles. The summed E-state index contributed by atoms with van der Waals surface area (Å²) in [4.78, 5) is 21.2. The Hall–Kier alpha value is -2.09. The van der Waals surface area contributed by atoms with Gasteiger partial charge in [0.2, 0.25) is 5.91 Å². The smallest absolute Gasteiger partial charge is 0.227 e. The van der Waals surface area contributed by atoms with Crippen molar-refractivity contribution in [2.24, 2.45) is 5.92 Å². The number of hydrogen-bond acceptors (Lipinski definition) is 4. The predicted molar refractivity (Wildman–Crippen MR) is 84.3 cm³/mol. The van der Waals surface area contributed by atoms with E-state index >= 15 is 0 Å². The van der Waals surface area contributed by atoms with Crippen molar-refractivity contribution in [2.75, 3.05) is 31.1 Å². The van der Waals surface area contributed by atoms with E-state index in [0.717, 1.165) is 57.7 Å². The third-order valence-corrected chi connectivity index (χ3v) is 4.61.